The highest BCUT2D eigenvalue weighted by atomic mass is 79.9. The molecule has 0 aliphatic carbocycles. The Morgan fingerprint density at radius 1 is 1.20 bits per heavy atom. The van der Waals surface area contributed by atoms with Crippen molar-refractivity contribution >= 4 is 26.0 Å². The van der Waals surface area contributed by atoms with Crippen molar-refractivity contribution in [2.24, 2.45) is 0 Å². The standard InChI is InChI=1S/C12H13BrF3NO2S/c13-10-4-6-17(7-5-10)20(18,19)11-3-1-2-9(8-11)12(14,15)16/h1-3,8,10H,4-7H2. The minimum absolute atomic E-state index is 0.260. The summed E-state index contributed by atoms with van der Waals surface area (Å²) in [6.45, 7) is 0.628. The maximum absolute atomic E-state index is 12.6. The minimum Gasteiger partial charge on any atom is -0.207 e. The third kappa shape index (κ3) is 3.35. The van der Waals surface area contributed by atoms with E-state index in [9.17, 15) is 21.6 Å². The molecule has 0 unspecified atom stereocenters. The zero-order valence-corrected chi connectivity index (χ0v) is 12.8. The first kappa shape index (κ1) is 15.8. The van der Waals surface area contributed by atoms with E-state index >= 15 is 0 Å². The maximum atomic E-state index is 12.6. The smallest absolute Gasteiger partial charge is 0.207 e. The highest BCUT2D eigenvalue weighted by Crippen LogP contribution is 2.31. The Morgan fingerprint density at radius 2 is 1.80 bits per heavy atom. The molecule has 112 valence electrons. The van der Waals surface area contributed by atoms with E-state index in [0.717, 1.165) is 12.1 Å². The van der Waals surface area contributed by atoms with Gasteiger partial charge < -0.3 is 0 Å². The van der Waals surface area contributed by atoms with Crippen LogP contribution in [0, 0.1) is 0 Å². The van der Waals surface area contributed by atoms with Crippen LogP contribution >= 0.6 is 15.9 Å². The summed E-state index contributed by atoms with van der Waals surface area (Å²) in [5, 5.41) is 0. The van der Waals surface area contributed by atoms with Crippen molar-refractivity contribution in [3.05, 3.63) is 29.8 Å². The van der Waals surface area contributed by atoms with Gasteiger partial charge in [-0.3, -0.25) is 0 Å². The van der Waals surface area contributed by atoms with Crippen molar-refractivity contribution in [3.63, 3.8) is 0 Å². The monoisotopic (exact) mass is 371 g/mol. The summed E-state index contributed by atoms with van der Waals surface area (Å²) in [7, 11) is -3.86. The van der Waals surface area contributed by atoms with Gasteiger partial charge in [0.25, 0.3) is 0 Å². The number of hydrogen-bond acceptors (Lipinski definition) is 2. The van der Waals surface area contributed by atoms with Gasteiger partial charge in [-0.1, -0.05) is 22.0 Å². The van der Waals surface area contributed by atoms with E-state index in [4.69, 9.17) is 0 Å². The summed E-state index contributed by atoms with van der Waals surface area (Å²) in [6, 6.07) is 3.87. The molecule has 1 aromatic carbocycles. The van der Waals surface area contributed by atoms with Gasteiger partial charge in [0.2, 0.25) is 10.0 Å². The predicted octanol–water partition coefficient (Wildman–Crippen LogP) is 3.25. The molecule has 1 saturated heterocycles. The Hall–Kier alpha value is -0.600. The van der Waals surface area contributed by atoms with Crippen LogP contribution in [0.15, 0.2) is 29.2 Å². The molecule has 0 bridgehead atoms. The first-order chi connectivity index (χ1) is 9.21. The average molecular weight is 372 g/mol. The van der Waals surface area contributed by atoms with Gasteiger partial charge in [-0.25, -0.2) is 8.42 Å². The van der Waals surface area contributed by atoms with Gasteiger partial charge in [-0.2, -0.15) is 17.5 Å². The number of alkyl halides is 4. The van der Waals surface area contributed by atoms with Crippen LogP contribution in [-0.2, 0) is 16.2 Å². The van der Waals surface area contributed by atoms with Crippen molar-refractivity contribution < 1.29 is 21.6 Å². The van der Waals surface area contributed by atoms with Crippen LogP contribution in [0.1, 0.15) is 18.4 Å². The number of benzene rings is 1. The molecule has 0 aromatic heterocycles. The lowest BCUT2D eigenvalue weighted by molar-refractivity contribution is -0.137. The summed E-state index contributed by atoms with van der Waals surface area (Å²) >= 11 is 3.41. The fourth-order valence-electron chi connectivity index (χ4n) is 2.05. The Labute approximate surface area is 123 Å². The lowest BCUT2D eigenvalue weighted by Gasteiger charge is -2.28. The number of rotatable bonds is 2. The number of halogens is 4. The van der Waals surface area contributed by atoms with Gasteiger partial charge in [0.05, 0.1) is 10.5 Å². The van der Waals surface area contributed by atoms with E-state index in [1.54, 1.807) is 0 Å². The van der Waals surface area contributed by atoms with Crippen molar-refractivity contribution in [2.45, 2.75) is 28.7 Å². The van der Waals surface area contributed by atoms with Crippen LogP contribution in [0.4, 0.5) is 13.2 Å². The molecule has 0 N–H and O–H groups in total. The van der Waals surface area contributed by atoms with Crippen LogP contribution in [0.2, 0.25) is 0 Å². The van der Waals surface area contributed by atoms with E-state index in [1.807, 2.05) is 0 Å². The van der Waals surface area contributed by atoms with Gasteiger partial charge >= 0.3 is 6.18 Å². The van der Waals surface area contributed by atoms with Crippen LogP contribution in [-0.4, -0.2) is 30.6 Å². The van der Waals surface area contributed by atoms with Gasteiger partial charge in [-0.15, -0.1) is 0 Å². The first-order valence-corrected chi connectivity index (χ1v) is 8.38. The summed E-state index contributed by atoms with van der Waals surface area (Å²) < 4.78 is 63.8. The average Bonchev–Trinajstić information content (AvgIpc) is 2.38. The first-order valence-electron chi connectivity index (χ1n) is 6.03. The topological polar surface area (TPSA) is 37.4 Å². The number of hydrogen-bond donors (Lipinski definition) is 0. The molecule has 3 nitrogen and oxygen atoms in total. The molecule has 0 atom stereocenters. The number of piperidine rings is 1. The van der Waals surface area contributed by atoms with Gasteiger partial charge in [0, 0.05) is 17.9 Å². The second-order valence-corrected chi connectivity index (χ2v) is 7.84. The van der Waals surface area contributed by atoms with E-state index in [0.29, 0.717) is 32.0 Å². The summed E-state index contributed by atoms with van der Waals surface area (Å²) in [6.07, 6.45) is -3.25. The van der Waals surface area contributed by atoms with Crippen molar-refractivity contribution in [1.82, 2.24) is 4.31 Å². The highest BCUT2D eigenvalue weighted by molar-refractivity contribution is 9.09. The lowest BCUT2D eigenvalue weighted by Crippen LogP contribution is -2.38. The lowest BCUT2D eigenvalue weighted by atomic mass is 10.2. The molecule has 1 aliphatic heterocycles. The number of nitrogens with zero attached hydrogens (tertiary/aromatic N) is 1. The van der Waals surface area contributed by atoms with Gasteiger partial charge in [0.1, 0.15) is 0 Å². The van der Waals surface area contributed by atoms with Crippen LogP contribution < -0.4 is 0 Å². The Morgan fingerprint density at radius 3 is 2.35 bits per heavy atom. The molecule has 1 heterocycles. The van der Waals surface area contributed by atoms with Crippen molar-refractivity contribution in [1.29, 1.82) is 0 Å². The van der Waals surface area contributed by atoms with E-state index < -0.39 is 21.8 Å². The molecule has 0 radical (unpaired) electrons. The molecular weight excluding hydrogens is 359 g/mol. The molecule has 0 spiro atoms. The Bertz CT molecular complexity index is 581. The summed E-state index contributed by atoms with van der Waals surface area (Å²) in [5.74, 6) is 0. The van der Waals surface area contributed by atoms with E-state index in [1.165, 1.54) is 10.4 Å². The zero-order chi connectivity index (χ0) is 15.0. The molecule has 1 aliphatic rings. The molecule has 0 amide bonds. The molecule has 0 saturated carbocycles. The second kappa shape index (κ2) is 5.65. The quantitative estimate of drug-likeness (QED) is 0.748. The third-order valence-electron chi connectivity index (χ3n) is 3.18. The molecule has 20 heavy (non-hydrogen) atoms. The molecule has 2 rings (SSSR count). The van der Waals surface area contributed by atoms with Crippen LogP contribution in [0.3, 0.4) is 0 Å². The zero-order valence-electron chi connectivity index (χ0n) is 10.4. The Kier molecular flexibility index (Phi) is 4.46. The SMILES string of the molecule is O=S(=O)(c1cccc(C(F)(F)F)c1)N1CCC(Br)CC1. The normalized spacial score (nSPS) is 19.2. The van der Waals surface area contributed by atoms with Crippen LogP contribution in [0.25, 0.3) is 0 Å². The van der Waals surface area contributed by atoms with Gasteiger partial charge in [0.15, 0.2) is 0 Å². The fraction of sp³-hybridized carbons (Fsp3) is 0.500. The minimum atomic E-state index is -4.55. The van der Waals surface area contributed by atoms with E-state index in [-0.39, 0.29) is 9.72 Å². The van der Waals surface area contributed by atoms with E-state index in [2.05, 4.69) is 15.9 Å². The number of sulfonamides is 1. The summed E-state index contributed by atoms with van der Waals surface area (Å²) in [5.41, 5.74) is -0.950. The van der Waals surface area contributed by atoms with Crippen molar-refractivity contribution in [2.75, 3.05) is 13.1 Å². The largest absolute Gasteiger partial charge is 0.416 e. The predicted molar refractivity (Wildman–Crippen MR) is 72.2 cm³/mol. The molecule has 1 fully saturated rings. The molecule has 1 aromatic rings. The Balaban J connectivity index is 2.30. The maximum Gasteiger partial charge on any atom is 0.416 e. The third-order valence-corrected chi connectivity index (χ3v) is 5.99. The fourth-order valence-corrected chi connectivity index (χ4v) is 3.97. The summed E-state index contributed by atoms with van der Waals surface area (Å²) in [4.78, 5) is -0.0455. The second-order valence-electron chi connectivity index (χ2n) is 4.60. The highest BCUT2D eigenvalue weighted by Gasteiger charge is 2.33. The molecule has 8 heteroatoms. The van der Waals surface area contributed by atoms with Crippen molar-refractivity contribution in [3.8, 4) is 0 Å². The molecular formula is C12H13BrF3NO2S. The van der Waals surface area contributed by atoms with Gasteiger partial charge in [-0.05, 0) is 31.0 Å². The van der Waals surface area contributed by atoms with Crippen LogP contribution in [0.5, 0.6) is 0 Å².